The van der Waals surface area contributed by atoms with Crippen molar-refractivity contribution in [2.75, 3.05) is 17.8 Å². The monoisotopic (exact) mass is 585 g/mol. The number of aliphatic hydroxyl groups is 1. The van der Waals surface area contributed by atoms with Crippen LogP contribution in [0.2, 0.25) is 10.3 Å². The molecular formula is C18H20Cl2FN5O8P2. The molecule has 0 saturated carbocycles. The third-order valence-electron chi connectivity index (χ3n) is 5.17. The summed E-state index contributed by atoms with van der Waals surface area (Å²) in [4.78, 5) is 35.6. The molecule has 0 aliphatic carbocycles. The minimum absolute atomic E-state index is 0.0763. The van der Waals surface area contributed by atoms with Gasteiger partial charge in [-0.05, 0) is 23.2 Å². The lowest BCUT2D eigenvalue weighted by Gasteiger charge is -2.18. The average Bonchev–Trinajstić information content (AvgIpc) is 3.31. The van der Waals surface area contributed by atoms with Crippen molar-refractivity contribution in [2.24, 2.45) is 0 Å². The fourth-order valence-electron chi connectivity index (χ4n) is 3.54. The number of fused-ring (bicyclic) bond motifs is 1. The highest BCUT2D eigenvalue weighted by atomic mass is 35.5. The molecule has 0 amide bonds. The summed E-state index contributed by atoms with van der Waals surface area (Å²) in [6, 6.07) is 7.14. The maximum atomic E-state index is 15.0. The Balaban J connectivity index is 1.53. The van der Waals surface area contributed by atoms with Crippen molar-refractivity contribution in [3.05, 3.63) is 46.3 Å². The Labute approximate surface area is 212 Å². The van der Waals surface area contributed by atoms with Crippen LogP contribution in [0.1, 0.15) is 11.8 Å². The number of ether oxygens (including phenoxy) is 1. The number of nitrogens with zero attached hydrogens (tertiary/aromatic N) is 4. The zero-order chi connectivity index (χ0) is 26.3. The van der Waals surface area contributed by atoms with Crippen LogP contribution in [0.3, 0.4) is 0 Å². The molecule has 4 rings (SSSR count). The molecule has 5 N–H and O–H groups in total. The lowest BCUT2D eigenvalue weighted by molar-refractivity contribution is -0.0472. The maximum Gasteiger partial charge on any atom is 0.340 e. The zero-order valence-corrected chi connectivity index (χ0v) is 21.4. The molecular weight excluding hydrogens is 566 g/mol. The first-order valence-corrected chi connectivity index (χ1v) is 14.5. The molecule has 0 bridgehead atoms. The highest BCUT2D eigenvalue weighted by Crippen LogP contribution is 2.55. The first-order valence-electron chi connectivity index (χ1n) is 10.2. The Kier molecular flexibility index (Phi) is 8.04. The van der Waals surface area contributed by atoms with Crippen LogP contribution in [0.15, 0.2) is 30.5 Å². The molecule has 1 aliphatic heterocycles. The molecule has 1 aromatic carbocycles. The van der Waals surface area contributed by atoms with Gasteiger partial charge in [0.05, 0.1) is 18.2 Å². The first kappa shape index (κ1) is 27.3. The van der Waals surface area contributed by atoms with Crippen LogP contribution in [-0.4, -0.2) is 70.4 Å². The summed E-state index contributed by atoms with van der Waals surface area (Å²) in [5.41, 5.74) is 0.857. The van der Waals surface area contributed by atoms with Crippen molar-refractivity contribution >= 4 is 55.2 Å². The maximum absolute atomic E-state index is 15.0. The van der Waals surface area contributed by atoms with E-state index in [1.165, 1.54) is 6.20 Å². The molecule has 3 aromatic rings. The Morgan fingerprint density at radius 1 is 1.19 bits per heavy atom. The van der Waals surface area contributed by atoms with Crippen LogP contribution >= 0.6 is 38.4 Å². The van der Waals surface area contributed by atoms with Crippen LogP contribution in [0.25, 0.3) is 11.0 Å². The third-order valence-corrected chi connectivity index (χ3v) is 9.16. The van der Waals surface area contributed by atoms with Crippen molar-refractivity contribution < 1.29 is 42.6 Å². The summed E-state index contributed by atoms with van der Waals surface area (Å²) in [6.07, 6.45) is -5.49. The van der Waals surface area contributed by atoms with E-state index in [0.29, 0.717) is 10.4 Å². The van der Waals surface area contributed by atoms with Gasteiger partial charge in [-0.2, -0.15) is 15.1 Å². The summed E-state index contributed by atoms with van der Waals surface area (Å²) in [5.74, 6) is -1.15. The average molecular weight is 586 g/mol. The SMILES string of the molecule is O=P(O)(O)CP(=O)(O)OC[C@H]1O[C@@H](n2ncc3c(NCc4ccccc4Cl)nc(Cl)nc32)[C@@H](F)[C@@H]1O. The van der Waals surface area contributed by atoms with Crippen LogP contribution < -0.4 is 5.32 Å². The number of anilines is 1. The lowest BCUT2D eigenvalue weighted by atomic mass is 10.1. The summed E-state index contributed by atoms with van der Waals surface area (Å²) in [5, 5.41) is 18.1. The minimum atomic E-state index is -4.86. The second-order valence-corrected chi connectivity index (χ2v) is 12.6. The first-order chi connectivity index (χ1) is 16.8. The van der Waals surface area contributed by atoms with E-state index < -0.39 is 52.3 Å². The quantitative estimate of drug-likeness (QED) is 0.182. The van der Waals surface area contributed by atoms with Crippen LogP contribution in [0.5, 0.6) is 0 Å². The van der Waals surface area contributed by atoms with Crippen molar-refractivity contribution in [1.82, 2.24) is 19.7 Å². The number of rotatable bonds is 9. The van der Waals surface area contributed by atoms with Gasteiger partial charge in [0.2, 0.25) is 5.28 Å². The fourth-order valence-corrected chi connectivity index (χ4v) is 6.48. The number of benzene rings is 1. The smallest absolute Gasteiger partial charge is 0.340 e. The molecule has 0 radical (unpaired) electrons. The Morgan fingerprint density at radius 3 is 2.61 bits per heavy atom. The molecule has 13 nitrogen and oxygen atoms in total. The van der Waals surface area contributed by atoms with Crippen LogP contribution in [-0.2, 0) is 24.9 Å². The highest BCUT2D eigenvalue weighted by molar-refractivity contribution is 7.70. The summed E-state index contributed by atoms with van der Waals surface area (Å²) >= 11 is 12.2. The van der Waals surface area contributed by atoms with E-state index in [0.717, 1.165) is 10.2 Å². The van der Waals surface area contributed by atoms with Crippen molar-refractivity contribution in [3.63, 3.8) is 0 Å². The van der Waals surface area contributed by atoms with Gasteiger partial charge >= 0.3 is 15.2 Å². The normalized spacial score (nSPS) is 24.2. The van der Waals surface area contributed by atoms with E-state index in [9.17, 15) is 23.5 Å². The second kappa shape index (κ2) is 10.6. The van der Waals surface area contributed by atoms with Gasteiger partial charge in [0, 0.05) is 11.6 Å². The minimum Gasteiger partial charge on any atom is -0.387 e. The molecule has 2 aromatic heterocycles. The molecule has 5 atom stereocenters. The molecule has 1 aliphatic rings. The van der Waals surface area contributed by atoms with Crippen molar-refractivity contribution in [2.45, 2.75) is 31.2 Å². The van der Waals surface area contributed by atoms with Gasteiger partial charge in [-0.1, -0.05) is 29.8 Å². The molecule has 1 saturated heterocycles. The fraction of sp³-hybridized carbons (Fsp3) is 0.389. The Morgan fingerprint density at radius 2 is 1.92 bits per heavy atom. The van der Waals surface area contributed by atoms with Gasteiger partial charge in [-0.15, -0.1) is 0 Å². The van der Waals surface area contributed by atoms with E-state index >= 15 is 0 Å². The van der Waals surface area contributed by atoms with Gasteiger partial charge < -0.3 is 34.4 Å². The molecule has 196 valence electrons. The lowest BCUT2D eigenvalue weighted by Crippen LogP contribution is -2.31. The van der Waals surface area contributed by atoms with Gasteiger partial charge in [0.25, 0.3) is 0 Å². The van der Waals surface area contributed by atoms with E-state index in [4.69, 9.17) is 37.7 Å². The third kappa shape index (κ3) is 6.22. The summed E-state index contributed by atoms with van der Waals surface area (Å²) < 4.78 is 49.0. The predicted molar refractivity (Wildman–Crippen MR) is 127 cm³/mol. The largest absolute Gasteiger partial charge is 0.387 e. The standard InChI is InChI=1S/C18H20Cl2FN5O8P2/c19-11-4-2-1-3-9(11)5-22-15-10-6-23-26(16(10)25-18(20)24-15)17-13(21)14(27)12(34-17)7-33-36(31,32)8-35(28,29)30/h1-4,6,12-14,17,27H,5,7-8H2,(H,31,32)(H,22,24,25)(H2,28,29,30)/t12-,13+,14-,17-/m1/s1. The van der Waals surface area contributed by atoms with Crippen molar-refractivity contribution in [1.29, 1.82) is 0 Å². The number of hydrogen-bond acceptors (Lipinski definition) is 9. The predicted octanol–water partition coefficient (Wildman–Crippen LogP) is 2.68. The number of aliphatic hydroxyl groups excluding tert-OH is 1. The number of alkyl halides is 1. The van der Waals surface area contributed by atoms with Gasteiger partial charge in [-0.25, -0.2) is 9.07 Å². The van der Waals surface area contributed by atoms with E-state index in [1.54, 1.807) is 12.1 Å². The topological polar surface area (TPSA) is 189 Å². The van der Waals surface area contributed by atoms with E-state index in [2.05, 4.69) is 24.9 Å². The Hall–Kier alpha value is -1.70. The van der Waals surface area contributed by atoms with Gasteiger partial charge in [0.15, 0.2) is 23.9 Å². The van der Waals surface area contributed by atoms with Crippen molar-refractivity contribution in [3.8, 4) is 0 Å². The number of aromatic nitrogens is 4. The highest BCUT2D eigenvalue weighted by Gasteiger charge is 2.47. The molecule has 0 spiro atoms. The molecule has 1 unspecified atom stereocenters. The molecule has 3 heterocycles. The van der Waals surface area contributed by atoms with Gasteiger partial charge in [-0.3, -0.25) is 9.13 Å². The molecule has 36 heavy (non-hydrogen) atoms. The number of halogens is 3. The summed E-state index contributed by atoms with van der Waals surface area (Å²) in [6.45, 7) is -0.529. The molecule has 18 heteroatoms. The second-order valence-electron chi connectivity index (χ2n) is 7.85. The van der Waals surface area contributed by atoms with E-state index in [1.807, 2.05) is 12.1 Å². The van der Waals surface area contributed by atoms with Crippen LogP contribution in [0, 0.1) is 0 Å². The molecule has 1 fully saturated rings. The number of nitrogens with one attached hydrogen (secondary N) is 1. The van der Waals surface area contributed by atoms with Crippen LogP contribution in [0.4, 0.5) is 10.2 Å². The van der Waals surface area contributed by atoms with E-state index in [-0.39, 0.29) is 23.3 Å². The zero-order valence-electron chi connectivity index (χ0n) is 18.1. The Bertz CT molecular complexity index is 1360. The number of hydrogen-bond donors (Lipinski definition) is 5. The summed E-state index contributed by atoms with van der Waals surface area (Å²) in [7, 11) is -9.60. The van der Waals surface area contributed by atoms with Gasteiger partial charge in [0.1, 0.15) is 18.0 Å².